The number of hydrogen-bond donors (Lipinski definition) is 2. The molecule has 0 aliphatic rings. The van der Waals surface area contributed by atoms with E-state index < -0.39 is 13.2 Å². The summed E-state index contributed by atoms with van der Waals surface area (Å²) in [5.41, 5.74) is 6.11. The van der Waals surface area contributed by atoms with Crippen LogP contribution in [0.5, 0.6) is 0 Å². The summed E-state index contributed by atoms with van der Waals surface area (Å²) in [6.45, 7) is 1.61. The molecule has 1 rings (SSSR count). The summed E-state index contributed by atoms with van der Waals surface area (Å²) in [6, 6.07) is 4.87. The standard InChI is InChI=1S/C9H12Cl2NO2P/c1-2-15(13,14)9(12)6-4-3-5-7(10)8(6)11/h3-5,9H,2,12H2,1H3,(H,13,14). The summed E-state index contributed by atoms with van der Waals surface area (Å²) in [4.78, 5) is 9.59. The van der Waals surface area contributed by atoms with Crippen LogP contribution >= 0.6 is 30.6 Å². The first-order valence-electron chi connectivity index (χ1n) is 4.41. The van der Waals surface area contributed by atoms with Crippen molar-refractivity contribution >= 4 is 30.6 Å². The second-order valence-corrected chi connectivity index (χ2v) is 6.64. The zero-order chi connectivity index (χ0) is 11.6. The largest absolute Gasteiger partial charge is 0.343 e. The van der Waals surface area contributed by atoms with E-state index in [4.69, 9.17) is 28.9 Å². The molecule has 0 amide bonds. The van der Waals surface area contributed by atoms with E-state index in [-0.39, 0.29) is 11.2 Å². The lowest BCUT2D eigenvalue weighted by atomic mass is 10.2. The summed E-state index contributed by atoms with van der Waals surface area (Å²) in [6.07, 6.45) is 0.108. The first kappa shape index (κ1) is 13.0. The quantitative estimate of drug-likeness (QED) is 0.827. The normalized spacial score (nSPS) is 17.1. The molecule has 3 N–H and O–H groups in total. The van der Waals surface area contributed by atoms with Crippen LogP contribution < -0.4 is 5.73 Å². The van der Waals surface area contributed by atoms with Gasteiger partial charge in [0.15, 0.2) is 0 Å². The fourth-order valence-electron chi connectivity index (χ4n) is 1.16. The van der Waals surface area contributed by atoms with Crippen molar-refractivity contribution in [3.8, 4) is 0 Å². The Morgan fingerprint density at radius 3 is 2.67 bits per heavy atom. The van der Waals surface area contributed by atoms with Crippen LogP contribution in [0.3, 0.4) is 0 Å². The van der Waals surface area contributed by atoms with Gasteiger partial charge in [0, 0.05) is 6.16 Å². The monoisotopic (exact) mass is 267 g/mol. The third-order valence-corrected chi connectivity index (χ3v) is 5.08. The molecule has 6 heteroatoms. The molecule has 0 saturated heterocycles. The van der Waals surface area contributed by atoms with Crippen LogP contribution in [0.1, 0.15) is 18.3 Å². The SMILES string of the molecule is CCP(=O)(O)C(N)c1cccc(Cl)c1Cl. The minimum Gasteiger partial charge on any atom is -0.343 e. The average molecular weight is 268 g/mol. The van der Waals surface area contributed by atoms with Crippen LogP contribution in [0.15, 0.2) is 18.2 Å². The highest BCUT2D eigenvalue weighted by Gasteiger charge is 2.28. The molecule has 3 nitrogen and oxygen atoms in total. The fraction of sp³-hybridized carbons (Fsp3) is 0.333. The summed E-state index contributed by atoms with van der Waals surface area (Å²) < 4.78 is 11.7. The van der Waals surface area contributed by atoms with Crippen LogP contribution in [0.4, 0.5) is 0 Å². The van der Waals surface area contributed by atoms with Crippen molar-refractivity contribution in [1.82, 2.24) is 0 Å². The molecule has 2 atom stereocenters. The molecule has 0 saturated carbocycles. The van der Waals surface area contributed by atoms with Gasteiger partial charge in [-0.15, -0.1) is 0 Å². The molecule has 84 valence electrons. The zero-order valence-electron chi connectivity index (χ0n) is 8.15. The second kappa shape index (κ2) is 4.86. The molecule has 1 aromatic rings. The van der Waals surface area contributed by atoms with E-state index in [1.54, 1.807) is 25.1 Å². The van der Waals surface area contributed by atoms with E-state index in [0.29, 0.717) is 10.6 Å². The number of rotatable bonds is 3. The van der Waals surface area contributed by atoms with Crippen LogP contribution in [-0.2, 0) is 4.57 Å². The predicted octanol–water partition coefficient (Wildman–Crippen LogP) is 3.24. The molecule has 0 heterocycles. The van der Waals surface area contributed by atoms with Crippen molar-refractivity contribution in [3.63, 3.8) is 0 Å². The van der Waals surface area contributed by atoms with Crippen LogP contribution in [0.25, 0.3) is 0 Å². The molecule has 0 bridgehead atoms. The smallest absolute Gasteiger partial charge is 0.220 e. The van der Waals surface area contributed by atoms with Gasteiger partial charge in [-0.25, -0.2) is 0 Å². The Hall–Kier alpha value is -0.0500. The predicted molar refractivity (Wildman–Crippen MR) is 63.8 cm³/mol. The van der Waals surface area contributed by atoms with Crippen molar-refractivity contribution in [3.05, 3.63) is 33.8 Å². The highest BCUT2D eigenvalue weighted by atomic mass is 35.5. The average Bonchev–Trinajstić information content (AvgIpc) is 2.21. The maximum atomic E-state index is 11.7. The summed E-state index contributed by atoms with van der Waals surface area (Å²) in [5, 5.41) is 0.579. The maximum absolute atomic E-state index is 11.7. The van der Waals surface area contributed by atoms with E-state index in [9.17, 15) is 9.46 Å². The molecule has 2 unspecified atom stereocenters. The van der Waals surface area contributed by atoms with Crippen LogP contribution in [0, 0.1) is 0 Å². The Morgan fingerprint density at radius 1 is 1.53 bits per heavy atom. The first-order valence-corrected chi connectivity index (χ1v) is 7.08. The Labute approximate surface area is 98.6 Å². The maximum Gasteiger partial charge on any atom is 0.220 e. The number of benzene rings is 1. The van der Waals surface area contributed by atoms with E-state index in [1.807, 2.05) is 0 Å². The van der Waals surface area contributed by atoms with Gasteiger partial charge in [0.2, 0.25) is 7.37 Å². The Balaban J connectivity index is 3.18. The molecule has 15 heavy (non-hydrogen) atoms. The van der Waals surface area contributed by atoms with Gasteiger partial charge in [0.25, 0.3) is 0 Å². The van der Waals surface area contributed by atoms with E-state index in [0.717, 1.165) is 0 Å². The van der Waals surface area contributed by atoms with Gasteiger partial charge in [-0.3, -0.25) is 4.57 Å². The van der Waals surface area contributed by atoms with Gasteiger partial charge in [-0.1, -0.05) is 42.3 Å². The molecular formula is C9H12Cl2NO2P. The minimum atomic E-state index is -3.40. The van der Waals surface area contributed by atoms with Gasteiger partial charge in [-0.2, -0.15) is 0 Å². The Kier molecular flexibility index (Phi) is 4.21. The van der Waals surface area contributed by atoms with Gasteiger partial charge in [0.05, 0.1) is 10.0 Å². The molecule has 0 aliphatic carbocycles. The van der Waals surface area contributed by atoms with Gasteiger partial charge in [0.1, 0.15) is 5.78 Å². The lowest BCUT2D eigenvalue weighted by molar-refractivity contribution is 0.466. The first-order chi connectivity index (χ1) is 6.90. The topological polar surface area (TPSA) is 63.3 Å². The fourth-order valence-corrected chi connectivity index (χ4v) is 2.71. The lowest BCUT2D eigenvalue weighted by Crippen LogP contribution is -2.12. The van der Waals surface area contributed by atoms with E-state index in [1.165, 1.54) is 0 Å². The molecular weight excluding hydrogens is 256 g/mol. The molecule has 0 fully saturated rings. The number of halogens is 2. The van der Waals surface area contributed by atoms with Crippen molar-refractivity contribution in [2.45, 2.75) is 12.7 Å². The molecule has 0 spiro atoms. The van der Waals surface area contributed by atoms with Crippen molar-refractivity contribution in [2.24, 2.45) is 5.73 Å². The Morgan fingerprint density at radius 2 is 2.13 bits per heavy atom. The third kappa shape index (κ3) is 2.74. The molecule has 0 aliphatic heterocycles. The Bertz CT molecular complexity index is 411. The van der Waals surface area contributed by atoms with Crippen molar-refractivity contribution < 1.29 is 9.46 Å². The minimum absolute atomic E-state index is 0.108. The molecule has 1 aromatic carbocycles. The van der Waals surface area contributed by atoms with Crippen LogP contribution in [-0.4, -0.2) is 11.1 Å². The van der Waals surface area contributed by atoms with E-state index >= 15 is 0 Å². The summed E-state index contributed by atoms with van der Waals surface area (Å²) in [7, 11) is -3.40. The zero-order valence-corrected chi connectivity index (χ0v) is 10.6. The van der Waals surface area contributed by atoms with Crippen LogP contribution in [0.2, 0.25) is 10.0 Å². The highest BCUT2D eigenvalue weighted by Crippen LogP contribution is 2.53. The number of hydrogen-bond acceptors (Lipinski definition) is 2. The second-order valence-electron chi connectivity index (χ2n) is 3.16. The summed E-state index contributed by atoms with van der Waals surface area (Å²) in [5.74, 6) is -0.978. The lowest BCUT2D eigenvalue weighted by Gasteiger charge is -2.19. The van der Waals surface area contributed by atoms with E-state index in [2.05, 4.69) is 0 Å². The summed E-state index contributed by atoms with van der Waals surface area (Å²) >= 11 is 11.7. The third-order valence-electron chi connectivity index (χ3n) is 2.19. The number of nitrogens with two attached hydrogens (primary N) is 1. The van der Waals surface area contributed by atoms with Gasteiger partial charge < -0.3 is 10.6 Å². The van der Waals surface area contributed by atoms with Crippen molar-refractivity contribution in [2.75, 3.05) is 6.16 Å². The van der Waals surface area contributed by atoms with Gasteiger partial charge in [-0.05, 0) is 11.6 Å². The van der Waals surface area contributed by atoms with Crippen molar-refractivity contribution in [1.29, 1.82) is 0 Å². The van der Waals surface area contributed by atoms with Gasteiger partial charge >= 0.3 is 0 Å². The molecule has 0 aromatic heterocycles. The highest BCUT2D eigenvalue weighted by molar-refractivity contribution is 7.58. The molecule has 0 radical (unpaired) electrons.